The van der Waals surface area contributed by atoms with Crippen LogP contribution in [0.1, 0.15) is 18.4 Å². The lowest BCUT2D eigenvalue weighted by Crippen LogP contribution is -1.99. The summed E-state index contributed by atoms with van der Waals surface area (Å²) in [6.45, 7) is 2.58. The van der Waals surface area contributed by atoms with Gasteiger partial charge in [-0.2, -0.15) is 11.8 Å². The fraction of sp³-hybridized carbons (Fsp3) is 0.500. The largest absolute Gasteiger partial charge is 0.493 e. The van der Waals surface area contributed by atoms with E-state index in [9.17, 15) is 4.39 Å². The van der Waals surface area contributed by atoms with Crippen LogP contribution >= 0.6 is 11.8 Å². The molecule has 0 atom stereocenters. The van der Waals surface area contributed by atoms with E-state index >= 15 is 0 Å². The Morgan fingerprint density at radius 1 is 1.33 bits per heavy atom. The van der Waals surface area contributed by atoms with Gasteiger partial charge in [0.25, 0.3) is 0 Å². The summed E-state index contributed by atoms with van der Waals surface area (Å²) >= 11 is 1.85. The molecule has 0 saturated heterocycles. The van der Waals surface area contributed by atoms with Gasteiger partial charge in [0.1, 0.15) is 11.6 Å². The Morgan fingerprint density at radius 3 is 2.80 bits per heavy atom. The van der Waals surface area contributed by atoms with E-state index in [1.54, 1.807) is 6.07 Å². The average Bonchev–Trinajstić information content (AvgIpc) is 2.20. The summed E-state index contributed by atoms with van der Waals surface area (Å²) in [5, 5.41) is 0. The highest BCUT2D eigenvalue weighted by molar-refractivity contribution is 7.98. The summed E-state index contributed by atoms with van der Waals surface area (Å²) in [6, 6.07) is 4.63. The van der Waals surface area contributed by atoms with E-state index in [0.717, 1.165) is 17.7 Å². The number of rotatable bonds is 6. The monoisotopic (exact) mass is 228 g/mol. The summed E-state index contributed by atoms with van der Waals surface area (Å²) in [6.07, 6.45) is 4.32. The summed E-state index contributed by atoms with van der Waals surface area (Å²) in [7, 11) is 0. The molecule has 1 aromatic carbocycles. The normalized spacial score (nSPS) is 10.3. The van der Waals surface area contributed by atoms with Crippen LogP contribution in [0.25, 0.3) is 0 Å². The highest BCUT2D eigenvalue weighted by Gasteiger charge is 2.00. The van der Waals surface area contributed by atoms with Crippen LogP contribution in [-0.2, 0) is 0 Å². The Labute approximate surface area is 95.0 Å². The Morgan fingerprint density at radius 2 is 2.13 bits per heavy atom. The van der Waals surface area contributed by atoms with Gasteiger partial charge in [-0.05, 0) is 55.5 Å². The van der Waals surface area contributed by atoms with Crippen LogP contribution < -0.4 is 4.74 Å². The third-order valence-corrected chi connectivity index (χ3v) is 2.83. The molecule has 0 unspecified atom stereocenters. The van der Waals surface area contributed by atoms with Gasteiger partial charge < -0.3 is 4.74 Å². The number of halogens is 1. The Hall–Kier alpha value is -0.700. The standard InChI is InChI=1S/C12H17FOS/c1-10-9-11(13)5-6-12(10)14-7-3-4-8-15-2/h5-6,9H,3-4,7-8H2,1-2H3. The molecule has 0 aliphatic carbocycles. The zero-order valence-electron chi connectivity index (χ0n) is 9.25. The Kier molecular flexibility index (Phi) is 5.54. The molecule has 0 aromatic heterocycles. The average molecular weight is 228 g/mol. The second-order valence-electron chi connectivity index (χ2n) is 3.46. The Bertz CT molecular complexity index is 302. The number of hydrogen-bond acceptors (Lipinski definition) is 2. The molecule has 15 heavy (non-hydrogen) atoms. The second kappa shape index (κ2) is 6.72. The van der Waals surface area contributed by atoms with Gasteiger partial charge in [0.05, 0.1) is 6.61 Å². The van der Waals surface area contributed by atoms with Crippen molar-refractivity contribution in [3.05, 3.63) is 29.6 Å². The van der Waals surface area contributed by atoms with Crippen molar-refractivity contribution in [3.8, 4) is 5.75 Å². The van der Waals surface area contributed by atoms with Crippen molar-refractivity contribution >= 4 is 11.8 Å². The van der Waals surface area contributed by atoms with Crippen molar-refractivity contribution in [1.29, 1.82) is 0 Å². The van der Waals surface area contributed by atoms with E-state index < -0.39 is 0 Å². The maximum absolute atomic E-state index is 12.8. The van der Waals surface area contributed by atoms with E-state index in [1.165, 1.54) is 24.3 Å². The highest BCUT2D eigenvalue weighted by atomic mass is 32.2. The number of thioether (sulfide) groups is 1. The number of benzene rings is 1. The molecule has 0 bridgehead atoms. The van der Waals surface area contributed by atoms with E-state index in [1.807, 2.05) is 18.7 Å². The van der Waals surface area contributed by atoms with Crippen molar-refractivity contribution in [1.82, 2.24) is 0 Å². The van der Waals surface area contributed by atoms with Gasteiger partial charge in [-0.3, -0.25) is 0 Å². The highest BCUT2D eigenvalue weighted by Crippen LogP contribution is 2.18. The summed E-state index contributed by atoms with van der Waals surface area (Å²) in [4.78, 5) is 0. The SMILES string of the molecule is CSCCCCOc1ccc(F)cc1C. The molecule has 3 heteroatoms. The fourth-order valence-electron chi connectivity index (χ4n) is 1.31. The van der Waals surface area contributed by atoms with Gasteiger partial charge in [0, 0.05) is 0 Å². The molecule has 0 heterocycles. The van der Waals surface area contributed by atoms with Crippen LogP contribution in [0.5, 0.6) is 5.75 Å². The van der Waals surface area contributed by atoms with Crippen molar-refractivity contribution in [2.45, 2.75) is 19.8 Å². The smallest absolute Gasteiger partial charge is 0.123 e. The lowest BCUT2D eigenvalue weighted by Gasteiger charge is -2.08. The van der Waals surface area contributed by atoms with E-state index in [2.05, 4.69) is 6.26 Å². The first-order valence-corrected chi connectivity index (χ1v) is 6.51. The van der Waals surface area contributed by atoms with Crippen LogP contribution in [0.15, 0.2) is 18.2 Å². The summed E-state index contributed by atoms with van der Waals surface area (Å²) < 4.78 is 18.3. The summed E-state index contributed by atoms with van der Waals surface area (Å²) in [5.74, 6) is 1.76. The first kappa shape index (κ1) is 12.4. The molecule has 0 radical (unpaired) electrons. The van der Waals surface area contributed by atoms with Crippen LogP contribution in [0.3, 0.4) is 0 Å². The van der Waals surface area contributed by atoms with Gasteiger partial charge in [0.15, 0.2) is 0 Å². The quantitative estimate of drug-likeness (QED) is 0.687. The minimum atomic E-state index is -0.206. The molecule has 1 aromatic rings. The first-order chi connectivity index (χ1) is 7.24. The predicted octanol–water partition coefficient (Wildman–Crippen LogP) is 3.66. The maximum atomic E-state index is 12.8. The molecular weight excluding hydrogens is 211 g/mol. The van der Waals surface area contributed by atoms with Crippen molar-refractivity contribution < 1.29 is 9.13 Å². The molecule has 84 valence electrons. The molecule has 0 aliphatic rings. The van der Waals surface area contributed by atoms with Crippen LogP contribution in [-0.4, -0.2) is 18.6 Å². The lowest BCUT2D eigenvalue weighted by molar-refractivity contribution is 0.307. The molecule has 1 rings (SSSR count). The minimum absolute atomic E-state index is 0.206. The van der Waals surface area contributed by atoms with E-state index in [0.29, 0.717) is 6.61 Å². The number of ether oxygens (including phenoxy) is 1. The predicted molar refractivity (Wildman–Crippen MR) is 64.2 cm³/mol. The lowest BCUT2D eigenvalue weighted by atomic mass is 10.2. The van der Waals surface area contributed by atoms with Gasteiger partial charge in [-0.15, -0.1) is 0 Å². The van der Waals surface area contributed by atoms with Crippen molar-refractivity contribution in [2.24, 2.45) is 0 Å². The van der Waals surface area contributed by atoms with Crippen molar-refractivity contribution in [2.75, 3.05) is 18.6 Å². The van der Waals surface area contributed by atoms with Gasteiger partial charge >= 0.3 is 0 Å². The first-order valence-electron chi connectivity index (χ1n) is 5.12. The molecule has 0 fully saturated rings. The molecule has 0 saturated carbocycles. The third kappa shape index (κ3) is 4.56. The van der Waals surface area contributed by atoms with Crippen molar-refractivity contribution in [3.63, 3.8) is 0 Å². The summed E-state index contributed by atoms with van der Waals surface area (Å²) in [5.41, 5.74) is 0.861. The van der Waals surface area contributed by atoms with E-state index in [-0.39, 0.29) is 5.82 Å². The molecule has 1 nitrogen and oxygen atoms in total. The fourth-order valence-corrected chi connectivity index (χ4v) is 1.80. The van der Waals surface area contributed by atoms with Gasteiger partial charge in [-0.1, -0.05) is 0 Å². The zero-order valence-corrected chi connectivity index (χ0v) is 10.1. The minimum Gasteiger partial charge on any atom is -0.493 e. The van der Waals surface area contributed by atoms with Crippen LogP contribution in [0.2, 0.25) is 0 Å². The molecule has 0 spiro atoms. The Balaban J connectivity index is 2.31. The third-order valence-electron chi connectivity index (χ3n) is 2.14. The van der Waals surface area contributed by atoms with E-state index in [4.69, 9.17) is 4.74 Å². The zero-order chi connectivity index (χ0) is 11.1. The van der Waals surface area contributed by atoms with Crippen LogP contribution in [0, 0.1) is 12.7 Å². The molecule has 0 aliphatic heterocycles. The molecular formula is C12H17FOS. The van der Waals surface area contributed by atoms with Gasteiger partial charge in [-0.25, -0.2) is 4.39 Å². The molecule has 0 amide bonds. The number of unbranched alkanes of at least 4 members (excludes halogenated alkanes) is 1. The second-order valence-corrected chi connectivity index (χ2v) is 4.44. The number of aryl methyl sites for hydroxylation is 1. The topological polar surface area (TPSA) is 9.23 Å². The molecule has 0 N–H and O–H groups in total. The van der Waals surface area contributed by atoms with Crippen LogP contribution in [0.4, 0.5) is 4.39 Å². The maximum Gasteiger partial charge on any atom is 0.123 e. The van der Waals surface area contributed by atoms with Gasteiger partial charge in [0.2, 0.25) is 0 Å². The number of hydrogen-bond donors (Lipinski definition) is 0.